The molecular formula is C15H19F3N2O2S. The molecule has 1 aromatic rings. The van der Waals surface area contributed by atoms with Gasteiger partial charge in [-0.3, -0.25) is 0 Å². The second kappa shape index (κ2) is 6.41. The van der Waals surface area contributed by atoms with Crippen molar-refractivity contribution < 1.29 is 21.6 Å². The maximum atomic E-state index is 13.8. The highest BCUT2D eigenvalue weighted by Crippen LogP contribution is 2.29. The second-order valence-corrected chi connectivity index (χ2v) is 8.11. The lowest BCUT2D eigenvalue weighted by molar-refractivity contribution is 0.286. The van der Waals surface area contributed by atoms with Crippen LogP contribution in [0.1, 0.15) is 25.7 Å². The molecule has 0 amide bonds. The standard InChI is InChI=1S/C15H19F3N2O2S/c16-12-3-4-13(15(18)14(12)17)23(21,22)20-7-5-11(6-8-20)19-9-10-1-2-10/h3-4,10-11,19H,1-2,5-9H2. The molecule has 1 saturated heterocycles. The molecule has 0 aromatic heterocycles. The highest BCUT2D eigenvalue weighted by atomic mass is 32.2. The number of hydrogen-bond donors (Lipinski definition) is 1. The first kappa shape index (κ1) is 16.7. The predicted molar refractivity (Wildman–Crippen MR) is 78.8 cm³/mol. The van der Waals surface area contributed by atoms with Gasteiger partial charge in [0.1, 0.15) is 4.90 Å². The molecule has 0 atom stereocenters. The molecule has 0 spiro atoms. The van der Waals surface area contributed by atoms with Gasteiger partial charge in [0.25, 0.3) is 0 Å². The Morgan fingerprint density at radius 1 is 1.04 bits per heavy atom. The number of hydrogen-bond acceptors (Lipinski definition) is 3. The van der Waals surface area contributed by atoms with Crippen molar-refractivity contribution in [3.05, 3.63) is 29.6 Å². The molecular weight excluding hydrogens is 329 g/mol. The molecule has 8 heteroatoms. The van der Waals surface area contributed by atoms with Gasteiger partial charge in [0.05, 0.1) is 0 Å². The van der Waals surface area contributed by atoms with E-state index in [1.807, 2.05) is 0 Å². The first-order valence-electron chi connectivity index (χ1n) is 7.76. The van der Waals surface area contributed by atoms with Crippen LogP contribution < -0.4 is 5.32 Å². The van der Waals surface area contributed by atoms with Gasteiger partial charge in [-0.05, 0) is 50.3 Å². The molecule has 0 radical (unpaired) electrons. The van der Waals surface area contributed by atoms with Gasteiger partial charge in [0.15, 0.2) is 17.5 Å². The number of halogens is 3. The number of sulfonamides is 1. The summed E-state index contributed by atoms with van der Waals surface area (Å²) in [4.78, 5) is -0.805. The van der Waals surface area contributed by atoms with Crippen LogP contribution in [-0.2, 0) is 10.0 Å². The summed E-state index contributed by atoms with van der Waals surface area (Å²) in [6.07, 6.45) is 3.74. The molecule has 1 aromatic carbocycles. The summed E-state index contributed by atoms with van der Waals surface area (Å²) in [7, 11) is -4.15. The Kier molecular flexibility index (Phi) is 4.66. The highest BCUT2D eigenvalue weighted by molar-refractivity contribution is 7.89. The Labute approximate surface area is 133 Å². The van der Waals surface area contributed by atoms with E-state index in [-0.39, 0.29) is 19.1 Å². The van der Waals surface area contributed by atoms with Crippen LogP contribution in [0.3, 0.4) is 0 Å². The largest absolute Gasteiger partial charge is 0.314 e. The van der Waals surface area contributed by atoms with Gasteiger partial charge in [-0.1, -0.05) is 0 Å². The Balaban J connectivity index is 1.67. The van der Waals surface area contributed by atoms with Gasteiger partial charge in [-0.2, -0.15) is 4.31 Å². The maximum Gasteiger partial charge on any atom is 0.246 e. The van der Waals surface area contributed by atoms with Crippen LogP contribution >= 0.6 is 0 Å². The Bertz CT molecular complexity index is 684. The van der Waals surface area contributed by atoms with Crippen LogP contribution in [0.25, 0.3) is 0 Å². The SMILES string of the molecule is O=S(=O)(c1ccc(F)c(F)c1F)N1CCC(NCC2CC2)CC1. The maximum absolute atomic E-state index is 13.8. The number of piperidine rings is 1. The van der Waals surface area contributed by atoms with E-state index < -0.39 is 32.4 Å². The van der Waals surface area contributed by atoms with Crippen molar-refractivity contribution in [2.75, 3.05) is 19.6 Å². The van der Waals surface area contributed by atoms with E-state index in [0.29, 0.717) is 18.9 Å². The van der Waals surface area contributed by atoms with Gasteiger partial charge in [0, 0.05) is 19.1 Å². The molecule has 1 heterocycles. The van der Waals surface area contributed by atoms with E-state index >= 15 is 0 Å². The molecule has 4 nitrogen and oxygen atoms in total. The minimum Gasteiger partial charge on any atom is -0.314 e. The van der Waals surface area contributed by atoms with E-state index in [9.17, 15) is 21.6 Å². The Morgan fingerprint density at radius 2 is 1.70 bits per heavy atom. The van der Waals surface area contributed by atoms with Gasteiger partial charge < -0.3 is 5.32 Å². The Hall–Kier alpha value is -1.12. The molecule has 3 rings (SSSR count). The summed E-state index contributed by atoms with van der Waals surface area (Å²) in [5.74, 6) is -4.07. The minimum atomic E-state index is -4.15. The molecule has 2 fully saturated rings. The molecule has 128 valence electrons. The van der Waals surface area contributed by atoms with E-state index in [2.05, 4.69) is 5.32 Å². The zero-order valence-corrected chi connectivity index (χ0v) is 13.4. The summed E-state index contributed by atoms with van der Waals surface area (Å²) in [5, 5.41) is 3.42. The summed E-state index contributed by atoms with van der Waals surface area (Å²) in [6.45, 7) is 1.43. The summed E-state index contributed by atoms with van der Waals surface area (Å²) in [6, 6.07) is 1.66. The molecule has 2 aliphatic rings. The molecule has 23 heavy (non-hydrogen) atoms. The number of benzene rings is 1. The normalized spacial score (nSPS) is 20.8. The summed E-state index contributed by atoms with van der Waals surface area (Å²) >= 11 is 0. The zero-order valence-electron chi connectivity index (χ0n) is 12.6. The predicted octanol–water partition coefficient (Wildman–Crippen LogP) is 2.26. The molecule has 0 bridgehead atoms. The van der Waals surface area contributed by atoms with Crippen molar-refractivity contribution >= 4 is 10.0 Å². The molecule has 1 aliphatic carbocycles. The van der Waals surface area contributed by atoms with E-state index in [0.717, 1.165) is 22.8 Å². The quantitative estimate of drug-likeness (QED) is 0.831. The van der Waals surface area contributed by atoms with Gasteiger partial charge in [-0.15, -0.1) is 0 Å². The summed E-state index contributed by atoms with van der Waals surface area (Å²) < 4.78 is 66.0. The monoisotopic (exact) mass is 348 g/mol. The van der Waals surface area contributed by atoms with Crippen LogP contribution in [0, 0.1) is 23.4 Å². The van der Waals surface area contributed by atoms with Crippen LogP contribution in [0.15, 0.2) is 17.0 Å². The van der Waals surface area contributed by atoms with Crippen LogP contribution in [0.2, 0.25) is 0 Å². The van der Waals surface area contributed by atoms with Crippen LogP contribution in [0.4, 0.5) is 13.2 Å². The van der Waals surface area contributed by atoms with Crippen molar-refractivity contribution in [1.29, 1.82) is 0 Å². The number of nitrogens with zero attached hydrogens (tertiary/aromatic N) is 1. The lowest BCUT2D eigenvalue weighted by Crippen LogP contribution is -2.45. The fraction of sp³-hybridized carbons (Fsp3) is 0.600. The first-order valence-corrected chi connectivity index (χ1v) is 9.20. The fourth-order valence-corrected chi connectivity index (χ4v) is 4.33. The average Bonchev–Trinajstić information content (AvgIpc) is 3.35. The zero-order chi connectivity index (χ0) is 16.6. The van der Waals surface area contributed by atoms with Crippen molar-refractivity contribution in [1.82, 2.24) is 9.62 Å². The second-order valence-electron chi connectivity index (χ2n) is 6.20. The highest BCUT2D eigenvalue weighted by Gasteiger charge is 2.33. The van der Waals surface area contributed by atoms with Gasteiger partial charge >= 0.3 is 0 Å². The van der Waals surface area contributed by atoms with E-state index in [1.165, 1.54) is 12.8 Å². The lowest BCUT2D eigenvalue weighted by Gasteiger charge is -2.31. The third-order valence-corrected chi connectivity index (χ3v) is 6.38. The van der Waals surface area contributed by atoms with Gasteiger partial charge in [-0.25, -0.2) is 21.6 Å². The van der Waals surface area contributed by atoms with Gasteiger partial charge in [0.2, 0.25) is 10.0 Å². The third-order valence-electron chi connectivity index (χ3n) is 4.46. The third kappa shape index (κ3) is 3.54. The molecule has 1 saturated carbocycles. The average molecular weight is 348 g/mol. The van der Waals surface area contributed by atoms with Crippen molar-refractivity contribution in [3.8, 4) is 0 Å². The van der Waals surface area contributed by atoms with Crippen molar-refractivity contribution in [3.63, 3.8) is 0 Å². The lowest BCUT2D eigenvalue weighted by atomic mass is 10.1. The molecule has 1 N–H and O–H groups in total. The van der Waals surface area contributed by atoms with Crippen LogP contribution in [0.5, 0.6) is 0 Å². The first-order chi connectivity index (χ1) is 10.9. The molecule has 0 unspecified atom stereocenters. The van der Waals surface area contributed by atoms with Crippen molar-refractivity contribution in [2.24, 2.45) is 5.92 Å². The van der Waals surface area contributed by atoms with Crippen LogP contribution in [-0.4, -0.2) is 38.4 Å². The summed E-state index contributed by atoms with van der Waals surface area (Å²) in [5.41, 5.74) is 0. The fourth-order valence-electron chi connectivity index (χ4n) is 2.80. The van der Waals surface area contributed by atoms with Crippen molar-refractivity contribution in [2.45, 2.75) is 36.6 Å². The smallest absolute Gasteiger partial charge is 0.246 e. The van der Waals surface area contributed by atoms with E-state index in [1.54, 1.807) is 0 Å². The number of nitrogens with one attached hydrogen (secondary N) is 1. The Morgan fingerprint density at radius 3 is 2.30 bits per heavy atom. The van der Waals surface area contributed by atoms with E-state index in [4.69, 9.17) is 0 Å². The number of rotatable bonds is 5. The topological polar surface area (TPSA) is 49.4 Å². The molecule has 1 aliphatic heterocycles. The minimum absolute atomic E-state index is 0.239.